The lowest BCUT2D eigenvalue weighted by Gasteiger charge is -2.09. The number of carbonyl (C=O) groups excluding carboxylic acids is 1. The number of nitrogens with zero attached hydrogens (tertiary/aromatic N) is 2. The fourth-order valence-electron chi connectivity index (χ4n) is 2.75. The highest BCUT2D eigenvalue weighted by Gasteiger charge is 2.07. The van der Waals surface area contributed by atoms with Gasteiger partial charge in [-0.1, -0.05) is 35.9 Å². The molecule has 1 aromatic heterocycles. The van der Waals surface area contributed by atoms with Gasteiger partial charge in [-0.3, -0.25) is 4.79 Å². The third-order valence-electron chi connectivity index (χ3n) is 4.19. The van der Waals surface area contributed by atoms with Crippen LogP contribution in [0.2, 0.25) is 0 Å². The summed E-state index contributed by atoms with van der Waals surface area (Å²) >= 11 is 0. The Balaban J connectivity index is 1.64. The molecule has 2 aromatic carbocycles. The highest BCUT2D eigenvalue weighted by Crippen LogP contribution is 2.20. The van der Waals surface area contributed by atoms with E-state index in [-0.39, 0.29) is 5.91 Å². The second-order valence-corrected chi connectivity index (χ2v) is 6.47. The SMILES string of the molecule is COCCCNC(=O)c1cccc(Nc2ncc(-c3cccc(C)c3)cn2)c1. The van der Waals surface area contributed by atoms with Crippen molar-refractivity contribution in [2.45, 2.75) is 13.3 Å². The molecule has 1 heterocycles. The lowest BCUT2D eigenvalue weighted by molar-refractivity contribution is 0.0948. The Morgan fingerprint density at radius 2 is 1.82 bits per heavy atom. The van der Waals surface area contributed by atoms with Crippen LogP contribution in [0.3, 0.4) is 0 Å². The zero-order valence-corrected chi connectivity index (χ0v) is 16.1. The fourth-order valence-corrected chi connectivity index (χ4v) is 2.75. The van der Waals surface area contributed by atoms with Gasteiger partial charge in [0, 0.05) is 49.5 Å². The number of nitrogens with one attached hydrogen (secondary N) is 2. The molecule has 0 saturated heterocycles. The van der Waals surface area contributed by atoms with Crippen LogP contribution in [0.1, 0.15) is 22.3 Å². The third-order valence-corrected chi connectivity index (χ3v) is 4.19. The molecule has 6 heteroatoms. The first-order chi connectivity index (χ1) is 13.7. The van der Waals surface area contributed by atoms with E-state index in [0.29, 0.717) is 24.7 Å². The van der Waals surface area contributed by atoms with Crippen LogP contribution in [0.25, 0.3) is 11.1 Å². The highest BCUT2D eigenvalue weighted by atomic mass is 16.5. The van der Waals surface area contributed by atoms with Crippen molar-refractivity contribution in [1.29, 1.82) is 0 Å². The van der Waals surface area contributed by atoms with Gasteiger partial charge in [-0.25, -0.2) is 9.97 Å². The van der Waals surface area contributed by atoms with Gasteiger partial charge in [-0.05, 0) is 37.1 Å². The van der Waals surface area contributed by atoms with Crippen LogP contribution in [0.4, 0.5) is 11.6 Å². The first-order valence-electron chi connectivity index (χ1n) is 9.19. The molecule has 144 valence electrons. The molecule has 0 bridgehead atoms. The van der Waals surface area contributed by atoms with Crippen molar-refractivity contribution in [3.05, 3.63) is 72.1 Å². The number of amides is 1. The van der Waals surface area contributed by atoms with Crippen LogP contribution in [0.5, 0.6) is 0 Å². The Labute approximate surface area is 165 Å². The summed E-state index contributed by atoms with van der Waals surface area (Å²) in [5, 5.41) is 6.02. The summed E-state index contributed by atoms with van der Waals surface area (Å²) in [6.45, 7) is 3.26. The Morgan fingerprint density at radius 3 is 2.57 bits per heavy atom. The number of hydrogen-bond acceptors (Lipinski definition) is 5. The minimum absolute atomic E-state index is 0.115. The molecule has 0 aliphatic heterocycles. The minimum Gasteiger partial charge on any atom is -0.385 e. The summed E-state index contributed by atoms with van der Waals surface area (Å²) in [6, 6.07) is 15.5. The van der Waals surface area contributed by atoms with Gasteiger partial charge >= 0.3 is 0 Å². The van der Waals surface area contributed by atoms with Crippen LogP contribution < -0.4 is 10.6 Å². The molecule has 6 nitrogen and oxygen atoms in total. The summed E-state index contributed by atoms with van der Waals surface area (Å²) in [7, 11) is 1.65. The predicted molar refractivity (Wildman–Crippen MR) is 111 cm³/mol. The Morgan fingerprint density at radius 1 is 1.04 bits per heavy atom. The predicted octanol–water partition coefficient (Wildman–Crippen LogP) is 3.96. The average molecular weight is 376 g/mol. The molecule has 0 saturated carbocycles. The van der Waals surface area contributed by atoms with Gasteiger partial charge in [0.1, 0.15) is 0 Å². The largest absolute Gasteiger partial charge is 0.385 e. The van der Waals surface area contributed by atoms with Gasteiger partial charge in [0.25, 0.3) is 5.91 Å². The van der Waals surface area contributed by atoms with Crippen molar-refractivity contribution in [2.75, 3.05) is 25.6 Å². The van der Waals surface area contributed by atoms with Gasteiger partial charge in [0.2, 0.25) is 5.95 Å². The molecule has 2 N–H and O–H groups in total. The number of anilines is 2. The number of ether oxygens (including phenoxy) is 1. The quantitative estimate of drug-likeness (QED) is 0.582. The smallest absolute Gasteiger partial charge is 0.251 e. The zero-order valence-electron chi connectivity index (χ0n) is 16.1. The third kappa shape index (κ3) is 5.37. The van der Waals surface area contributed by atoms with Crippen molar-refractivity contribution in [3.8, 4) is 11.1 Å². The van der Waals surface area contributed by atoms with Gasteiger partial charge < -0.3 is 15.4 Å². The van der Waals surface area contributed by atoms with Crippen molar-refractivity contribution < 1.29 is 9.53 Å². The molecule has 0 unspecified atom stereocenters. The number of aryl methyl sites for hydroxylation is 1. The van der Waals surface area contributed by atoms with E-state index in [2.05, 4.69) is 39.7 Å². The lowest BCUT2D eigenvalue weighted by Crippen LogP contribution is -2.25. The van der Waals surface area contributed by atoms with Crippen molar-refractivity contribution in [1.82, 2.24) is 15.3 Å². The molecule has 0 spiro atoms. The van der Waals surface area contributed by atoms with Gasteiger partial charge in [-0.2, -0.15) is 0 Å². The maximum Gasteiger partial charge on any atom is 0.251 e. The normalized spacial score (nSPS) is 10.5. The van der Waals surface area contributed by atoms with E-state index in [1.165, 1.54) is 5.56 Å². The maximum absolute atomic E-state index is 12.2. The molecule has 28 heavy (non-hydrogen) atoms. The first kappa shape index (κ1) is 19.5. The monoisotopic (exact) mass is 376 g/mol. The van der Waals surface area contributed by atoms with Crippen LogP contribution in [0, 0.1) is 6.92 Å². The van der Waals surface area contributed by atoms with Crippen LogP contribution in [0.15, 0.2) is 60.9 Å². The van der Waals surface area contributed by atoms with Gasteiger partial charge in [0.05, 0.1) is 0 Å². The molecular weight excluding hydrogens is 352 g/mol. The topological polar surface area (TPSA) is 76.1 Å². The van der Waals surface area contributed by atoms with E-state index in [4.69, 9.17) is 4.74 Å². The number of aromatic nitrogens is 2. The molecule has 3 rings (SSSR count). The first-order valence-corrected chi connectivity index (χ1v) is 9.19. The van der Waals surface area contributed by atoms with Crippen LogP contribution >= 0.6 is 0 Å². The lowest BCUT2D eigenvalue weighted by atomic mass is 10.1. The summed E-state index contributed by atoms with van der Waals surface area (Å²) in [4.78, 5) is 21.0. The minimum atomic E-state index is -0.115. The molecule has 3 aromatic rings. The molecule has 0 atom stereocenters. The number of carbonyl (C=O) groups is 1. The molecule has 0 aliphatic rings. The van der Waals surface area contributed by atoms with Crippen LogP contribution in [-0.2, 0) is 4.74 Å². The summed E-state index contributed by atoms with van der Waals surface area (Å²) in [5.41, 5.74) is 4.57. The summed E-state index contributed by atoms with van der Waals surface area (Å²) in [6.07, 6.45) is 4.36. The standard InChI is InChI=1S/C22H24N4O2/c1-16-6-3-7-17(12-16)19-14-24-22(25-15-19)26-20-9-4-8-18(13-20)21(27)23-10-5-11-28-2/h3-4,6-9,12-15H,5,10-11H2,1-2H3,(H,23,27)(H,24,25,26). The number of benzene rings is 2. The Hall–Kier alpha value is -3.25. The number of rotatable bonds is 8. The van der Waals surface area contributed by atoms with Crippen molar-refractivity contribution >= 4 is 17.5 Å². The second kappa shape index (κ2) is 9.62. The van der Waals surface area contributed by atoms with Gasteiger partial charge in [0.15, 0.2) is 0 Å². The van der Waals surface area contributed by atoms with Crippen molar-refractivity contribution in [3.63, 3.8) is 0 Å². The van der Waals surface area contributed by atoms with E-state index in [9.17, 15) is 4.79 Å². The van der Waals surface area contributed by atoms with E-state index in [0.717, 1.165) is 23.2 Å². The molecule has 0 radical (unpaired) electrons. The van der Waals surface area contributed by atoms with E-state index in [1.54, 1.807) is 31.6 Å². The average Bonchev–Trinajstić information content (AvgIpc) is 2.72. The van der Waals surface area contributed by atoms with E-state index >= 15 is 0 Å². The zero-order chi connectivity index (χ0) is 19.8. The fraction of sp³-hybridized carbons (Fsp3) is 0.227. The highest BCUT2D eigenvalue weighted by molar-refractivity contribution is 5.95. The maximum atomic E-state index is 12.2. The van der Waals surface area contributed by atoms with E-state index in [1.807, 2.05) is 24.3 Å². The number of methoxy groups -OCH3 is 1. The molecule has 1 amide bonds. The number of hydrogen-bond donors (Lipinski definition) is 2. The molecule has 0 aliphatic carbocycles. The van der Waals surface area contributed by atoms with Gasteiger partial charge in [-0.15, -0.1) is 0 Å². The van der Waals surface area contributed by atoms with Crippen molar-refractivity contribution in [2.24, 2.45) is 0 Å². The molecular formula is C22H24N4O2. The molecule has 0 fully saturated rings. The second-order valence-electron chi connectivity index (χ2n) is 6.47. The Kier molecular flexibility index (Phi) is 6.70. The Bertz CT molecular complexity index is 926. The summed E-state index contributed by atoms with van der Waals surface area (Å²) < 4.78 is 4.98. The van der Waals surface area contributed by atoms with E-state index < -0.39 is 0 Å². The summed E-state index contributed by atoms with van der Waals surface area (Å²) in [5.74, 6) is 0.365. The van der Waals surface area contributed by atoms with Crippen LogP contribution in [-0.4, -0.2) is 36.1 Å².